The molecule has 2 fully saturated rings. The third-order valence-electron chi connectivity index (χ3n) is 4.73. The molecule has 2 N–H and O–H groups in total. The van der Waals surface area contributed by atoms with Gasteiger partial charge in [0.25, 0.3) is 0 Å². The van der Waals surface area contributed by atoms with E-state index in [4.69, 9.17) is 4.52 Å². The van der Waals surface area contributed by atoms with Gasteiger partial charge >= 0.3 is 0 Å². The molecule has 0 spiro atoms. The lowest BCUT2D eigenvalue weighted by Gasteiger charge is -2.29. The molecule has 7 nitrogen and oxygen atoms in total. The highest BCUT2D eigenvalue weighted by Crippen LogP contribution is 2.34. The second-order valence-electron chi connectivity index (χ2n) is 6.10. The predicted octanol–water partition coefficient (Wildman–Crippen LogP) is 1.67. The molecular weight excluding hydrogens is 280 g/mol. The van der Waals surface area contributed by atoms with E-state index in [0.29, 0.717) is 29.4 Å². The number of nitrogens with zero attached hydrogens (tertiary/aromatic N) is 4. The molecule has 0 aromatic carbocycles. The van der Waals surface area contributed by atoms with E-state index in [1.54, 1.807) is 18.6 Å². The lowest BCUT2D eigenvalue weighted by Crippen LogP contribution is -2.38. The maximum Gasteiger partial charge on any atom is 0.233 e. The SMILES string of the molecule is c1cnc(-c2noc(C3CNNC3C3CCCCC3)n2)cn1. The van der Waals surface area contributed by atoms with Crippen molar-refractivity contribution in [3.05, 3.63) is 24.5 Å². The summed E-state index contributed by atoms with van der Waals surface area (Å²) < 4.78 is 5.52. The average Bonchev–Trinajstić information content (AvgIpc) is 3.25. The van der Waals surface area contributed by atoms with Crippen molar-refractivity contribution in [3.63, 3.8) is 0 Å². The summed E-state index contributed by atoms with van der Waals surface area (Å²) in [4.78, 5) is 12.8. The first kappa shape index (κ1) is 13.8. The van der Waals surface area contributed by atoms with Crippen LogP contribution >= 0.6 is 0 Å². The van der Waals surface area contributed by atoms with E-state index in [9.17, 15) is 0 Å². The normalized spacial score (nSPS) is 26.4. The third kappa shape index (κ3) is 2.62. The van der Waals surface area contributed by atoms with Crippen LogP contribution in [0.25, 0.3) is 11.5 Å². The largest absolute Gasteiger partial charge is 0.338 e. The van der Waals surface area contributed by atoms with Crippen LogP contribution in [0.4, 0.5) is 0 Å². The highest BCUT2D eigenvalue weighted by atomic mass is 16.5. The molecule has 1 saturated carbocycles. The Morgan fingerprint density at radius 1 is 1.14 bits per heavy atom. The van der Waals surface area contributed by atoms with Crippen molar-refractivity contribution in [2.24, 2.45) is 5.92 Å². The zero-order chi connectivity index (χ0) is 14.8. The van der Waals surface area contributed by atoms with Crippen LogP contribution in [0.1, 0.15) is 43.9 Å². The third-order valence-corrected chi connectivity index (χ3v) is 4.73. The first-order valence-electron chi connectivity index (χ1n) is 8.00. The topological polar surface area (TPSA) is 88.8 Å². The summed E-state index contributed by atoms with van der Waals surface area (Å²) >= 11 is 0. The summed E-state index contributed by atoms with van der Waals surface area (Å²) in [6.07, 6.45) is 11.5. The molecule has 2 unspecified atom stereocenters. The fourth-order valence-corrected chi connectivity index (χ4v) is 3.60. The standard InChI is InChI=1S/C15H20N6O/c1-2-4-10(5-3-1)13-11(8-18-20-13)15-19-14(21-22-15)12-9-16-6-7-17-12/h6-7,9-11,13,18,20H,1-5,8H2. The molecule has 0 bridgehead atoms. The number of hydrogen-bond donors (Lipinski definition) is 2. The average molecular weight is 300 g/mol. The van der Waals surface area contributed by atoms with Crippen LogP contribution in [0, 0.1) is 5.92 Å². The Kier molecular flexibility index (Phi) is 3.82. The zero-order valence-corrected chi connectivity index (χ0v) is 12.4. The van der Waals surface area contributed by atoms with Crippen LogP contribution in [0.3, 0.4) is 0 Å². The summed E-state index contributed by atoms with van der Waals surface area (Å²) in [6, 6.07) is 0.371. The van der Waals surface area contributed by atoms with Crippen LogP contribution in [0.5, 0.6) is 0 Å². The lowest BCUT2D eigenvalue weighted by atomic mass is 9.79. The Bertz CT molecular complexity index is 610. The van der Waals surface area contributed by atoms with E-state index in [-0.39, 0.29) is 5.92 Å². The van der Waals surface area contributed by atoms with Gasteiger partial charge in [-0.1, -0.05) is 24.4 Å². The van der Waals surface area contributed by atoms with Gasteiger partial charge in [-0.05, 0) is 18.8 Å². The fourth-order valence-electron chi connectivity index (χ4n) is 3.60. The minimum atomic E-state index is 0.223. The zero-order valence-electron chi connectivity index (χ0n) is 12.4. The summed E-state index contributed by atoms with van der Waals surface area (Å²) in [6.45, 7) is 0.823. The molecule has 0 amide bonds. The van der Waals surface area contributed by atoms with E-state index < -0.39 is 0 Å². The van der Waals surface area contributed by atoms with Crippen LogP contribution in [-0.4, -0.2) is 32.7 Å². The van der Waals surface area contributed by atoms with Crippen LogP contribution in [0.2, 0.25) is 0 Å². The van der Waals surface area contributed by atoms with Gasteiger partial charge in [-0.3, -0.25) is 15.8 Å². The Morgan fingerprint density at radius 3 is 2.86 bits per heavy atom. The maximum absolute atomic E-state index is 5.52. The summed E-state index contributed by atoms with van der Waals surface area (Å²) in [5, 5.41) is 4.07. The van der Waals surface area contributed by atoms with E-state index >= 15 is 0 Å². The van der Waals surface area contributed by atoms with Gasteiger partial charge in [-0.15, -0.1) is 0 Å². The Morgan fingerprint density at radius 2 is 2.05 bits per heavy atom. The molecular formula is C15H20N6O. The van der Waals surface area contributed by atoms with E-state index in [1.165, 1.54) is 32.1 Å². The molecule has 3 heterocycles. The molecule has 2 aliphatic rings. The van der Waals surface area contributed by atoms with Crippen molar-refractivity contribution < 1.29 is 4.52 Å². The predicted molar refractivity (Wildman–Crippen MR) is 79.6 cm³/mol. The quantitative estimate of drug-likeness (QED) is 0.891. The smallest absolute Gasteiger partial charge is 0.233 e. The maximum atomic E-state index is 5.52. The van der Waals surface area contributed by atoms with Gasteiger partial charge in [0.2, 0.25) is 11.7 Å². The molecule has 1 aliphatic carbocycles. The minimum absolute atomic E-state index is 0.223. The second-order valence-corrected chi connectivity index (χ2v) is 6.10. The van der Waals surface area contributed by atoms with Crippen molar-refractivity contribution in [1.29, 1.82) is 0 Å². The Hall–Kier alpha value is -1.86. The van der Waals surface area contributed by atoms with Gasteiger partial charge in [0.1, 0.15) is 5.69 Å². The van der Waals surface area contributed by atoms with Gasteiger partial charge < -0.3 is 4.52 Å². The molecule has 22 heavy (non-hydrogen) atoms. The summed E-state index contributed by atoms with van der Waals surface area (Å²) in [7, 11) is 0. The minimum Gasteiger partial charge on any atom is -0.338 e. The van der Waals surface area contributed by atoms with Crippen LogP contribution in [0.15, 0.2) is 23.1 Å². The first-order chi connectivity index (χ1) is 10.9. The van der Waals surface area contributed by atoms with Crippen molar-refractivity contribution in [2.75, 3.05) is 6.54 Å². The van der Waals surface area contributed by atoms with E-state index in [1.807, 2.05) is 0 Å². The van der Waals surface area contributed by atoms with Crippen molar-refractivity contribution in [1.82, 2.24) is 31.0 Å². The fraction of sp³-hybridized carbons (Fsp3) is 0.600. The molecule has 4 rings (SSSR count). The first-order valence-corrected chi connectivity index (χ1v) is 8.00. The molecule has 2 atom stereocenters. The van der Waals surface area contributed by atoms with Crippen molar-refractivity contribution in [3.8, 4) is 11.5 Å². The number of nitrogens with one attached hydrogen (secondary N) is 2. The number of hydrazine groups is 1. The van der Waals surface area contributed by atoms with Crippen LogP contribution < -0.4 is 10.9 Å². The van der Waals surface area contributed by atoms with Crippen LogP contribution in [-0.2, 0) is 0 Å². The van der Waals surface area contributed by atoms with E-state index in [0.717, 1.165) is 6.54 Å². The highest BCUT2D eigenvalue weighted by Gasteiger charge is 2.38. The van der Waals surface area contributed by atoms with Gasteiger partial charge in [0.05, 0.1) is 12.1 Å². The highest BCUT2D eigenvalue weighted by molar-refractivity contribution is 5.45. The molecule has 2 aromatic rings. The van der Waals surface area contributed by atoms with E-state index in [2.05, 4.69) is 31.0 Å². The van der Waals surface area contributed by atoms with Gasteiger partial charge in [-0.2, -0.15) is 4.98 Å². The van der Waals surface area contributed by atoms with Crippen molar-refractivity contribution >= 4 is 0 Å². The summed E-state index contributed by atoms with van der Waals surface area (Å²) in [5.41, 5.74) is 7.32. The Labute approximate surface area is 128 Å². The molecule has 0 radical (unpaired) electrons. The van der Waals surface area contributed by atoms with Gasteiger partial charge in [0.15, 0.2) is 0 Å². The molecule has 1 saturated heterocycles. The summed E-state index contributed by atoms with van der Waals surface area (Å²) in [5.74, 6) is 2.10. The second kappa shape index (κ2) is 6.10. The molecule has 2 aromatic heterocycles. The lowest BCUT2D eigenvalue weighted by molar-refractivity contribution is 0.248. The van der Waals surface area contributed by atoms with Gasteiger partial charge in [0, 0.05) is 25.0 Å². The monoisotopic (exact) mass is 300 g/mol. The van der Waals surface area contributed by atoms with Crippen molar-refractivity contribution in [2.45, 2.75) is 44.1 Å². The Balaban J connectivity index is 1.54. The molecule has 7 heteroatoms. The number of aromatic nitrogens is 4. The molecule has 1 aliphatic heterocycles. The number of rotatable bonds is 3. The number of hydrogen-bond acceptors (Lipinski definition) is 7. The molecule has 116 valence electrons. The van der Waals surface area contributed by atoms with Gasteiger partial charge in [-0.25, -0.2) is 4.98 Å².